The first-order chi connectivity index (χ1) is 8.75. The maximum Gasteiger partial charge on any atom is 0.353 e. The average Bonchev–Trinajstić information content (AvgIpc) is 2.93. The number of H-pyrrole nitrogens is 1. The van der Waals surface area contributed by atoms with E-state index in [1.165, 1.54) is 11.8 Å². The Morgan fingerprint density at radius 3 is 2.72 bits per heavy atom. The molecule has 3 nitrogen and oxygen atoms in total. The van der Waals surface area contributed by atoms with E-state index in [1.807, 2.05) is 41.8 Å². The number of aromatic nitrogens is 1. The second kappa shape index (κ2) is 4.51. The zero-order valence-electron chi connectivity index (χ0n) is 9.21. The number of carbonyl (C=O) groups is 1. The van der Waals surface area contributed by atoms with Gasteiger partial charge in [-0.15, -0.1) is 11.3 Å². The number of fused-ring (bicyclic) bond motifs is 1. The Hall–Kier alpha value is -1.72. The predicted molar refractivity (Wildman–Crippen MR) is 73.7 cm³/mol. The van der Waals surface area contributed by atoms with E-state index in [4.69, 9.17) is 0 Å². The third kappa shape index (κ3) is 1.91. The number of carboxylic acid groups (broad SMARTS) is 1. The highest BCUT2D eigenvalue weighted by Gasteiger charge is 2.18. The van der Waals surface area contributed by atoms with E-state index >= 15 is 0 Å². The summed E-state index contributed by atoms with van der Waals surface area (Å²) in [6.07, 6.45) is 0. The van der Waals surface area contributed by atoms with Crippen LogP contribution in [0.1, 0.15) is 10.5 Å². The monoisotopic (exact) mass is 275 g/mol. The number of aromatic amines is 1. The van der Waals surface area contributed by atoms with Crippen molar-refractivity contribution in [2.75, 3.05) is 0 Å². The summed E-state index contributed by atoms with van der Waals surface area (Å²) in [5.41, 5.74) is 1.15. The first-order valence-electron chi connectivity index (χ1n) is 5.31. The van der Waals surface area contributed by atoms with Crippen molar-refractivity contribution in [3.63, 3.8) is 0 Å². The third-order valence-electron chi connectivity index (χ3n) is 2.54. The fourth-order valence-electron chi connectivity index (χ4n) is 1.74. The van der Waals surface area contributed by atoms with E-state index in [2.05, 4.69) is 4.98 Å². The molecular formula is C13H9NO2S2. The van der Waals surface area contributed by atoms with Gasteiger partial charge in [-0.1, -0.05) is 30.0 Å². The molecule has 0 amide bonds. The van der Waals surface area contributed by atoms with Crippen LogP contribution in [-0.2, 0) is 0 Å². The molecule has 0 radical (unpaired) electrons. The number of benzene rings is 1. The highest BCUT2D eigenvalue weighted by Crippen LogP contribution is 2.39. The van der Waals surface area contributed by atoms with Crippen LogP contribution in [0.2, 0.25) is 0 Å². The molecule has 0 aliphatic rings. The van der Waals surface area contributed by atoms with E-state index in [1.54, 1.807) is 11.3 Å². The lowest BCUT2D eigenvalue weighted by atomic mass is 10.4. The van der Waals surface area contributed by atoms with Gasteiger partial charge in [-0.3, -0.25) is 0 Å². The van der Waals surface area contributed by atoms with Crippen LogP contribution < -0.4 is 0 Å². The molecule has 3 rings (SSSR count). The molecule has 0 unspecified atom stereocenters. The van der Waals surface area contributed by atoms with E-state index in [0.717, 1.165) is 20.0 Å². The molecule has 18 heavy (non-hydrogen) atoms. The van der Waals surface area contributed by atoms with E-state index in [9.17, 15) is 9.90 Å². The Balaban J connectivity index is 2.11. The summed E-state index contributed by atoms with van der Waals surface area (Å²) in [6.45, 7) is 0. The van der Waals surface area contributed by atoms with Gasteiger partial charge in [0, 0.05) is 4.90 Å². The fourth-order valence-corrected chi connectivity index (χ4v) is 3.78. The highest BCUT2D eigenvalue weighted by molar-refractivity contribution is 7.99. The van der Waals surface area contributed by atoms with Gasteiger partial charge in [0.1, 0.15) is 5.69 Å². The molecule has 0 aliphatic heterocycles. The molecule has 5 heteroatoms. The van der Waals surface area contributed by atoms with Gasteiger partial charge in [-0.2, -0.15) is 0 Å². The van der Waals surface area contributed by atoms with Gasteiger partial charge < -0.3 is 10.1 Å². The van der Waals surface area contributed by atoms with Crippen LogP contribution in [0.25, 0.3) is 10.2 Å². The van der Waals surface area contributed by atoms with Crippen LogP contribution in [0, 0.1) is 0 Å². The maximum atomic E-state index is 11.2. The molecule has 0 saturated carbocycles. The van der Waals surface area contributed by atoms with E-state index < -0.39 is 5.97 Å². The molecule has 0 spiro atoms. The summed E-state index contributed by atoms with van der Waals surface area (Å²) in [7, 11) is 0. The number of hydrogen-bond acceptors (Lipinski definition) is 3. The Labute approximate surface area is 111 Å². The maximum absolute atomic E-state index is 11.2. The van der Waals surface area contributed by atoms with Gasteiger partial charge in [-0.05, 0) is 23.6 Å². The van der Waals surface area contributed by atoms with Crippen LogP contribution in [0.15, 0.2) is 51.6 Å². The first-order valence-corrected chi connectivity index (χ1v) is 7.00. The van der Waals surface area contributed by atoms with Crippen molar-refractivity contribution in [3.05, 3.63) is 47.5 Å². The SMILES string of the molecule is O=C(O)c1[nH]c2ccsc2c1Sc1ccccc1. The third-order valence-corrected chi connectivity index (χ3v) is 4.72. The molecule has 1 aromatic carbocycles. The van der Waals surface area contributed by atoms with Crippen LogP contribution >= 0.6 is 23.1 Å². The zero-order chi connectivity index (χ0) is 12.5. The van der Waals surface area contributed by atoms with Crippen molar-refractivity contribution < 1.29 is 9.90 Å². The van der Waals surface area contributed by atoms with E-state index in [0.29, 0.717) is 0 Å². The quantitative estimate of drug-likeness (QED) is 0.757. The lowest BCUT2D eigenvalue weighted by Crippen LogP contribution is -1.97. The number of rotatable bonds is 3. The number of carboxylic acids is 1. The van der Waals surface area contributed by atoms with Gasteiger partial charge in [0.25, 0.3) is 0 Å². The molecule has 0 saturated heterocycles. The number of thiophene rings is 1. The first kappa shape index (κ1) is 11.4. The molecule has 2 aromatic heterocycles. The molecular weight excluding hydrogens is 266 g/mol. The van der Waals surface area contributed by atoms with Crippen molar-refractivity contribution >= 4 is 39.3 Å². The average molecular weight is 275 g/mol. The van der Waals surface area contributed by atoms with Crippen LogP contribution in [0.3, 0.4) is 0 Å². The number of nitrogens with one attached hydrogen (secondary N) is 1. The summed E-state index contributed by atoms with van der Waals surface area (Å²) < 4.78 is 1.00. The van der Waals surface area contributed by atoms with Crippen LogP contribution in [0.4, 0.5) is 0 Å². The van der Waals surface area contributed by atoms with Gasteiger partial charge in [0.15, 0.2) is 0 Å². The van der Waals surface area contributed by atoms with Crippen molar-refractivity contribution in [2.45, 2.75) is 9.79 Å². The molecule has 2 heterocycles. The molecule has 0 bridgehead atoms. The van der Waals surface area contributed by atoms with Crippen molar-refractivity contribution in [2.24, 2.45) is 0 Å². The number of hydrogen-bond donors (Lipinski definition) is 2. The lowest BCUT2D eigenvalue weighted by Gasteiger charge is -2.00. The van der Waals surface area contributed by atoms with Gasteiger partial charge in [0.2, 0.25) is 0 Å². The second-order valence-corrected chi connectivity index (χ2v) is 5.71. The summed E-state index contributed by atoms with van der Waals surface area (Å²) in [5.74, 6) is -0.920. The van der Waals surface area contributed by atoms with Crippen LogP contribution in [0.5, 0.6) is 0 Å². The molecule has 90 valence electrons. The van der Waals surface area contributed by atoms with Gasteiger partial charge >= 0.3 is 5.97 Å². The Morgan fingerprint density at radius 1 is 1.22 bits per heavy atom. The summed E-state index contributed by atoms with van der Waals surface area (Å²) in [6, 6.07) is 11.7. The molecule has 0 fully saturated rings. The lowest BCUT2D eigenvalue weighted by molar-refractivity contribution is 0.0688. The van der Waals surface area contributed by atoms with Gasteiger partial charge in [-0.25, -0.2) is 4.79 Å². The summed E-state index contributed by atoms with van der Waals surface area (Å²) in [4.78, 5) is 16.0. The Kier molecular flexibility index (Phi) is 2.85. The summed E-state index contributed by atoms with van der Waals surface area (Å²) in [5, 5.41) is 11.2. The molecule has 0 atom stereocenters. The van der Waals surface area contributed by atoms with E-state index in [-0.39, 0.29) is 5.69 Å². The second-order valence-electron chi connectivity index (χ2n) is 3.71. The Bertz CT molecular complexity index is 700. The minimum Gasteiger partial charge on any atom is -0.477 e. The minimum absolute atomic E-state index is 0.269. The molecule has 2 N–H and O–H groups in total. The Morgan fingerprint density at radius 2 is 2.00 bits per heavy atom. The van der Waals surface area contributed by atoms with Crippen molar-refractivity contribution in [3.8, 4) is 0 Å². The largest absolute Gasteiger partial charge is 0.477 e. The minimum atomic E-state index is -0.920. The normalized spacial score (nSPS) is 10.9. The van der Waals surface area contributed by atoms with Gasteiger partial charge in [0.05, 0.1) is 15.1 Å². The highest BCUT2D eigenvalue weighted by atomic mass is 32.2. The molecule has 3 aromatic rings. The van der Waals surface area contributed by atoms with Crippen molar-refractivity contribution in [1.29, 1.82) is 0 Å². The van der Waals surface area contributed by atoms with Crippen LogP contribution in [-0.4, -0.2) is 16.1 Å². The smallest absolute Gasteiger partial charge is 0.353 e. The summed E-state index contributed by atoms with van der Waals surface area (Å²) >= 11 is 3.04. The van der Waals surface area contributed by atoms with Crippen molar-refractivity contribution in [1.82, 2.24) is 4.98 Å². The predicted octanol–water partition coefficient (Wildman–Crippen LogP) is 4.08. The molecule has 0 aliphatic carbocycles. The topological polar surface area (TPSA) is 53.1 Å². The fraction of sp³-hybridized carbons (Fsp3) is 0. The number of aromatic carboxylic acids is 1. The standard InChI is InChI=1S/C13H9NO2S2/c15-13(16)10-12(11-9(14-10)6-7-17-11)18-8-4-2-1-3-5-8/h1-7,14H,(H,15,16). The zero-order valence-corrected chi connectivity index (χ0v) is 10.8.